The number of carboxylic acids is 1. The minimum absolute atomic E-state index is 0.0582. The molecule has 0 radical (unpaired) electrons. The molecule has 1 amide bonds. The molecule has 18 heavy (non-hydrogen) atoms. The normalized spacial score (nSPS) is 19.6. The Morgan fingerprint density at radius 1 is 1.61 bits per heavy atom. The van der Waals surface area contributed by atoms with Crippen LogP contribution in [0.25, 0.3) is 0 Å². The van der Waals surface area contributed by atoms with Crippen LogP contribution in [0.2, 0.25) is 0 Å². The highest BCUT2D eigenvalue weighted by Gasteiger charge is 2.38. The predicted octanol–water partition coefficient (Wildman–Crippen LogP) is 0.688. The number of carbonyl (C=O) groups is 2. The maximum atomic E-state index is 11.8. The Morgan fingerprint density at radius 3 is 3.00 bits per heavy atom. The molecule has 0 atom stereocenters. The number of carbonyl (C=O) groups excluding carboxylic acids is 1. The molecule has 1 aliphatic heterocycles. The summed E-state index contributed by atoms with van der Waals surface area (Å²) in [5, 5.41) is 11.8. The predicted molar refractivity (Wildman–Crippen MR) is 63.2 cm³/mol. The third-order valence-corrected chi connectivity index (χ3v) is 3.32. The summed E-state index contributed by atoms with van der Waals surface area (Å²) in [7, 11) is 0. The van der Waals surface area contributed by atoms with Gasteiger partial charge in [0.2, 0.25) is 5.91 Å². The summed E-state index contributed by atoms with van der Waals surface area (Å²) in [5.41, 5.74) is -0.516. The molecule has 1 aliphatic rings. The van der Waals surface area contributed by atoms with Crippen molar-refractivity contribution in [3.05, 3.63) is 23.7 Å². The SMILES string of the molecule is CC1(C)C(=O)NCCN1Cc1occc1C(=O)O. The molecular weight excluding hydrogens is 236 g/mol. The molecular formula is C12H16N2O4. The lowest BCUT2D eigenvalue weighted by Crippen LogP contribution is -2.61. The van der Waals surface area contributed by atoms with Gasteiger partial charge in [0, 0.05) is 13.1 Å². The first-order chi connectivity index (χ1) is 8.43. The van der Waals surface area contributed by atoms with Crippen molar-refractivity contribution in [1.82, 2.24) is 10.2 Å². The van der Waals surface area contributed by atoms with E-state index >= 15 is 0 Å². The van der Waals surface area contributed by atoms with Crippen LogP contribution in [-0.2, 0) is 11.3 Å². The highest BCUT2D eigenvalue weighted by Crippen LogP contribution is 2.22. The molecule has 0 aromatic carbocycles. The number of hydrogen-bond acceptors (Lipinski definition) is 4. The van der Waals surface area contributed by atoms with Gasteiger partial charge in [-0.05, 0) is 19.9 Å². The Bertz CT molecular complexity index is 478. The van der Waals surface area contributed by atoms with Gasteiger partial charge < -0.3 is 14.8 Å². The van der Waals surface area contributed by atoms with Gasteiger partial charge in [-0.15, -0.1) is 0 Å². The molecule has 1 fully saturated rings. The lowest BCUT2D eigenvalue weighted by Gasteiger charge is -2.40. The van der Waals surface area contributed by atoms with E-state index in [1.807, 2.05) is 18.7 Å². The quantitative estimate of drug-likeness (QED) is 0.827. The van der Waals surface area contributed by atoms with E-state index in [1.54, 1.807) is 0 Å². The maximum absolute atomic E-state index is 11.8. The molecule has 0 aliphatic carbocycles. The Kier molecular flexibility index (Phi) is 3.13. The maximum Gasteiger partial charge on any atom is 0.339 e. The Labute approximate surface area is 105 Å². The van der Waals surface area contributed by atoms with E-state index < -0.39 is 11.5 Å². The van der Waals surface area contributed by atoms with Gasteiger partial charge in [-0.1, -0.05) is 0 Å². The molecule has 6 heteroatoms. The van der Waals surface area contributed by atoms with Crippen LogP contribution in [0.4, 0.5) is 0 Å². The van der Waals surface area contributed by atoms with Crippen molar-refractivity contribution >= 4 is 11.9 Å². The van der Waals surface area contributed by atoms with Gasteiger partial charge in [0.1, 0.15) is 11.3 Å². The zero-order chi connectivity index (χ0) is 13.3. The standard InChI is InChI=1S/C12H16N2O4/c1-12(2)11(17)13-4-5-14(12)7-9-8(10(15)16)3-6-18-9/h3,6H,4-5,7H2,1-2H3,(H,13,17)(H,15,16). The minimum Gasteiger partial charge on any atom is -0.478 e. The number of nitrogens with zero attached hydrogens (tertiary/aromatic N) is 1. The molecule has 2 N–H and O–H groups in total. The van der Waals surface area contributed by atoms with E-state index in [0.717, 1.165) is 0 Å². The minimum atomic E-state index is -1.02. The second-order valence-electron chi connectivity index (χ2n) is 4.80. The fourth-order valence-electron chi connectivity index (χ4n) is 2.05. The summed E-state index contributed by atoms with van der Waals surface area (Å²) in [6.45, 7) is 5.16. The van der Waals surface area contributed by atoms with Gasteiger partial charge in [0.05, 0.1) is 18.3 Å². The van der Waals surface area contributed by atoms with Crippen LogP contribution in [0.5, 0.6) is 0 Å². The van der Waals surface area contributed by atoms with Gasteiger partial charge in [-0.25, -0.2) is 4.79 Å². The van der Waals surface area contributed by atoms with Crippen LogP contribution in [0.15, 0.2) is 16.7 Å². The van der Waals surface area contributed by atoms with Crippen LogP contribution in [0.3, 0.4) is 0 Å². The van der Waals surface area contributed by atoms with Crippen LogP contribution < -0.4 is 5.32 Å². The second kappa shape index (κ2) is 4.45. The number of carboxylic acid groups (broad SMARTS) is 1. The van der Waals surface area contributed by atoms with Crippen molar-refractivity contribution in [2.24, 2.45) is 0 Å². The number of furan rings is 1. The van der Waals surface area contributed by atoms with Crippen LogP contribution in [0, 0.1) is 0 Å². The first-order valence-corrected chi connectivity index (χ1v) is 5.76. The number of nitrogens with one attached hydrogen (secondary N) is 1. The number of aromatic carboxylic acids is 1. The fourth-order valence-corrected chi connectivity index (χ4v) is 2.05. The topological polar surface area (TPSA) is 82.8 Å². The molecule has 0 saturated carbocycles. The van der Waals surface area contributed by atoms with Crippen molar-refractivity contribution < 1.29 is 19.1 Å². The lowest BCUT2D eigenvalue weighted by molar-refractivity contribution is -0.135. The monoisotopic (exact) mass is 252 g/mol. The fraction of sp³-hybridized carbons (Fsp3) is 0.500. The molecule has 0 unspecified atom stereocenters. The molecule has 1 saturated heterocycles. The van der Waals surface area contributed by atoms with Gasteiger partial charge in [-0.2, -0.15) is 0 Å². The van der Waals surface area contributed by atoms with E-state index in [0.29, 0.717) is 25.4 Å². The third-order valence-electron chi connectivity index (χ3n) is 3.32. The Balaban J connectivity index is 2.20. The van der Waals surface area contributed by atoms with E-state index in [4.69, 9.17) is 9.52 Å². The highest BCUT2D eigenvalue weighted by molar-refractivity contribution is 5.89. The average Bonchev–Trinajstić information content (AvgIpc) is 2.73. The van der Waals surface area contributed by atoms with Gasteiger partial charge in [0.25, 0.3) is 0 Å². The summed E-state index contributed by atoms with van der Waals surface area (Å²) in [4.78, 5) is 24.7. The number of amides is 1. The lowest BCUT2D eigenvalue weighted by atomic mass is 9.98. The van der Waals surface area contributed by atoms with Crippen molar-refractivity contribution in [2.45, 2.75) is 25.9 Å². The van der Waals surface area contributed by atoms with Crippen molar-refractivity contribution in [1.29, 1.82) is 0 Å². The molecule has 2 heterocycles. The van der Waals surface area contributed by atoms with E-state index in [-0.39, 0.29) is 11.5 Å². The summed E-state index contributed by atoms with van der Waals surface area (Å²) in [6, 6.07) is 1.43. The second-order valence-corrected chi connectivity index (χ2v) is 4.80. The van der Waals surface area contributed by atoms with E-state index in [9.17, 15) is 9.59 Å². The average molecular weight is 252 g/mol. The third kappa shape index (κ3) is 2.11. The summed E-state index contributed by atoms with van der Waals surface area (Å²) in [6.07, 6.45) is 1.36. The summed E-state index contributed by atoms with van der Waals surface area (Å²) >= 11 is 0. The van der Waals surface area contributed by atoms with Gasteiger partial charge in [0.15, 0.2) is 0 Å². The van der Waals surface area contributed by atoms with Crippen molar-refractivity contribution in [2.75, 3.05) is 13.1 Å². The Hall–Kier alpha value is -1.82. The summed E-state index contributed by atoms with van der Waals surface area (Å²) < 4.78 is 5.20. The first kappa shape index (κ1) is 12.6. The molecule has 1 aromatic rings. The van der Waals surface area contributed by atoms with Crippen LogP contribution >= 0.6 is 0 Å². The number of hydrogen-bond donors (Lipinski definition) is 2. The molecule has 0 spiro atoms. The van der Waals surface area contributed by atoms with Gasteiger partial charge in [-0.3, -0.25) is 9.69 Å². The molecule has 98 valence electrons. The number of piperazine rings is 1. The highest BCUT2D eigenvalue weighted by atomic mass is 16.4. The largest absolute Gasteiger partial charge is 0.478 e. The van der Waals surface area contributed by atoms with Crippen molar-refractivity contribution in [3.63, 3.8) is 0 Å². The van der Waals surface area contributed by atoms with Crippen LogP contribution in [0.1, 0.15) is 30.0 Å². The molecule has 6 nitrogen and oxygen atoms in total. The summed E-state index contributed by atoms with van der Waals surface area (Å²) in [5.74, 6) is -0.694. The number of rotatable bonds is 3. The molecule has 1 aromatic heterocycles. The van der Waals surface area contributed by atoms with Crippen molar-refractivity contribution in [3.8, 4) is 0 Å². The first-order valence-electron chi connectivity index (χ1n) is 5.76. The van der Waals surface area contributed by atoms with Gasteiger partial charge >= 0.3 is 5.97 Å². The van der Waals surface area contributed by atoms with Crippen LogP contribution in [-0.4, -0.2) is 40.5 Å². The molecule has 2 rings (SSSR count). The van der Waals surface area contributed by atoms with E-state index in [1.165, 1.54) is 12.3 Å². The molecule has 0 bridgehead atoms. The zero-order valence-electron chi connectivity index (χ0n) is 10.4. The Morgan fingerprint density at radius 2 is 2.33 bits per heavy atom. The van der Waals surface area contributed by atoms with E-state index in [2.05, 4.69) is 5.32 Å². The smallest absolute Gasteiger partial charge is 0.339 e. The zero-order valence-corrected chi connectivity index (χ0v) is 10.4.